The molecular weight excluding hydrogens is 194 g/mol. The molecule has 0 fully saturated rings. The molecule has 1 atom stereocenters. The summed E-state index contributed by atoms with van der Waals surface area (Å²) < 4.78 is 10.4. The minimum atomic E-state index is -0.450. The van der Waals surface area contributed by atoms with Crippen LogP contribution in [0, 0.1) is 6.92 Å². The summed E-state index contributed by atoms with van der Waals surface area (Å²) >= 11 is 0. The van der Waals surface area contributed by atoms with Crippen LogP contribution in [0.15, 0.2) is 12.1 Å². The molecule has 0 bridgehead atoms. The van der Waals surface area contributed by atoms with Gasteiger partial charge in [0.25, 0.3) is 0 Å². The van der Waals surface area contributed by atoms with Crippen LogP contribution in [0.2, 0.25) is 0 Å². The van der Waals surface area contributed by atoms with Crippen molar-refractivity contribution in [2.75, 3.05) is 20.8 Å². The van der Waals surface area contributed by atoms with Gasteiger partial charge in [0.15, 0.2) is 0 Å². The molecule has 0 aliphatic rings. The first kappa shape index (κ1) is 11.8. The fourth-order valence-electron chi connectivity index (χ4n) is 1.46. The highest BCUT2D eigenvalue weighted by Gasteiger charge is 2.14. The molecule has 0 heterocycles. The van der Waals surface area contributed by atoms with Crippen molar-refractivity contribution >= 4 is 0 Å². The molecule has 0 saturated carbocycles. The molecule has 1 rings (SSSR count). The quantitative estimate of drug-likeness (QED) is 0.780. The average Bonchev–Trinajstić information content (AvgIpc) is 2.27. The van der Waals surface area contributed by atoms with Crippen LogP contribution in [-0.2, 0) is 0 Å². The van der Waals surface area contributed by atoms with Crippen molar-refractivity contribution in [2.24, 2.45) is 5.73 Å². The number of rotatable bonds is 4. The van der Waals surface area contributed by atoms with Crippen molar-refractivity contribution in [1.82, 2.24) is 0 Å². The van der Waals surface area contributed by atoms with Gasteiger partial charge in [-0.3, -0.25) is 0 Å². The molecular formula is C11H17NO3. The smallest absolute Gasteiger partial charge is 0.124 e. The van der Waals surface area contributed by atoms with E-state index in [1.165, 1.54) is 0 Å². The van der Waals surface area contributed by atoms with Crippen LogP contribution in [0.5, 0.6) is 11.5 Å². The zero-order valence-corrected chi connectivity index (χ0v) is 9.28. The molecule has 0 saturated heterocycles. The van der Waals surface area contributed by atoms with Gasteiger partial charge in [-0.2, -0.15) is 0 Å². The van der Waals surface area contributed by atoms with Gasteiger partial charge in [0.1, 0.15) is 11.5 Å². The Morgan fingerprint density at radius 3 is 2.33 bits per heavy atom. The maximum Gasteiger partial charge on any atom is 0.124 e. The second-order valence-electron chi connectivity index (χ2n) is 3.35. The topological polar surface area (TPSA) is 64.7 Å². The molecule has 1 aromatic carbocycles. The maximum atomic E-state index is 9.02. The van der Waals surface area contributed by atoms with Crippen LogP contribution in [0.25, 0.3) is 0 Å². The molecule has 0 aliphatic heterocycles. The molecule has 0 amide bonds. The van der Waals surface area contributed by atoms with Gasteiger partial charge >= 0.3 is 0 Å². The van der Waals surface area contributed by atoms with Gasteiger partial charge in [0.2, 0.25) is 0 Å². The van der Waals surface area contributed by atoms with Crippen LogP contribution in [-0.4, -0.2) is 25.9 Å². The van der Waals surface area contributed by atoms with Gasteiger partial charge in [-0.1, -0.05) is 0 Å². The Balaban J connectivity index is 3.22. The van der Waals surface area contributed by atoms with Gasteiger partial charge in [-0.25, -0.2) is 0 Å². The zero-order chi connectivity index (χ0) is 11.4. The summed E-state index contributed by atoms with van der Waals surface area (Å²) in [7, 11) is 3.18. The lowest BCUT2D eigenvalue weighted by Gasteiger charge is -2.16. The Bertz CT molecular complexity index is 339. The summed E-state index contributed by atoms with van der Waals surface area (Å²) in [5, 5.41) is 9.02. The summed E-state index contributed by atoms with van der Waals surface area (Å²) in [5.41, 5.74) is 7.49. The minimum absolute atomic E-state index is 0.122. The van der Waals surface area contributed by atoms with Crippen LogP contribution >= 0.6 is 0 Å². The highest BCUT2D eigenvalue weighted by atomic mass is 16.5. The molecule has 0 aliphatic carbocycles. The Kier molecular flexibility index (Phi) is 3.94. The zero-order valence-electron chi connectivity index (χ0n) is 9.28. The van der Waals surface area contributed by atoms with Crippen molar-refractivity contribution in [3.8, 4) is 11.5 Å². The Morgan fingerprint density at radius 2 is 1.87 bits per heavy atom. The fraction of sp³-hybridized carbons (Fsp3) is 0.455. The second-order valence-corrected chi connectivity index (χ2v) is 3.35. The first-order valence-electron chi connectivity index (χ1n) is 4.73. The van der Waals surface area contributed by atoms with Gasteiger partial charge < -0.3 is 20.3 Å². The van der Waals surface area contributed by atoms with E-state index in [1.54, 1.807) is 20.3 Å². The summed E-state index contributed by atoms with van der Waals surface area (Å²) in [6.07, 6.45) is 0. The highest BCUT2D eigenvalue weighted by molar-refractivity contribution is 5.47. The van der Waals surface area contributed by atoms with E-state index in [0.717, 1.165) is 16.9 Å². The number of hydrogen-bond acceptors (Lipinski definition) is 4. The third-order valence-corrected chi connectivity index (χ3v) is 2.34. The molecule has 0 aromatic heterocycles. The van der Waals surface area contributed by atoms with Crippen LogP contribution in [0.3, 0.4) is 0 Å². The van der Waals surface area contributed by atoms with Crippen molar-refractivity contribution in [1.29, 1.82) is 0 Å². The predicted octanol–water partition coefficient (Wildman–Crippen LogP) is 1.00. The first-order chi connectivity index (χ1) is 7.13. The second kappa shape index (κ2) is 5.00. The molecule has 4 nitrogen and oxygen atoms in total. The van der Waals surface area contributed by atoms with E-state index in [9.17, 15) is 0 Å². The van der Waals surface area contributed by atoms with Gasteiger partial charge in [0, 0.05) is 5.56 Å². The number of nitrogens with two attached hydrogens (primary N) is 1. The first-order valence-corrected chi connectivity index (χ1v) is 4.73. The van der Waals surface area contributed by atoms with Crippen molar-refractivity contribution in [2.45, 2.75) is 13.0 Å². The van der Waals surface area contributed by atoms with Gasteiger partial charge in [-0.15, -0.1) is 0 Å². The lowest BCUT2D eigenvalue weighted by molar-refractivity contribution is 0.264. The lowest BCUT2D eigenvalue weighted by Crippen LogP contribution is -2.15. The van der Waals surface area contributed by atoms with E-state index in [2.05, 4.69) is 0 Å². The molecule has 1 aromatic rings. The van der Waals surface area contributed by atoms with E-state index in [0.29, 0.717) is 5.75 Å². The molecule has 0 radical (unpaired) electrons. The largest absolute Gasteiger partial charge is 0.496 e. The SMILES string of the molecule is COc1cc(C(N)CO)c(OC)cc1C. The third-order valence-electron chi connectivity index (χ3n) is 2.34. The predicted molar refractivity (Wildman–Crippen MR) is 58.3 cm³/mol. The van der Waals surface area contributed by atoms with E-state index in [4.69, 9.17) is 20.3 Å². The molecule has 84 valence electrons. The van der Waals surface area contributed by atoms with Crippen LogP contribution < -0.4 is 15.2 Å². The van der Waals surface area contributed by atoms with Gasteiger partial charge in [-0.05, 0) is 24.6 Å². The van der Waals surface area contributed by atoms with E-state index < -0.39 is 6.04 Å². The van der Waals surface area contributed by atoms with E-state index in [1.807, 2.05) is 13.0 Å². The Morgan fingerprint density at radius 1 is 1.27 bits per heavy atom. The molecule has 0 spiro atoms. The van der Waals surface area contributed by atoms with Crippen LogP contribution in [0.1, 0.15) is 17.2 Å². The monoisotopic (exact) mass is 211 g/mol. The normalized spacial score (nSPS) is 12.3. The number of ether oxygens (including phenoxy) is 2. The molecule has 4 heteroatoms. The average molecular weight is 211 g/mol. The lowest BCUT2D eigenvalue weighted by atomic mass is 10.0. The standard InChI is InChI=1S/C11H17NO3/c1-7-4-11(15-3)8(9(12)6-13)5-10(7)14-2/h4-5,9,13H,6,12H2,1-3H3. The summed E-state index contributed by atoms with van der Waals surface area (Å²) in [6, 6.07) is 3.20. The Hall–Kier alpha value is -1.26. The molecule has 3 N–H and O–H groups in total. The third kappa shape index (κ3) is 2.40. The number of aliphatic hydroxyl groups excluding tert-OH is 1. The highest BCUT2D eigenvalue weighted by Crippen LogP contribution is 2.31. The number of aryl methyl sites for hydroxylation is 1. The number of benzene rings is 1. The van der Waals surface area contributed by atoms with Gasteiger partial charge in [0.05, 0.1) is 26.9 Å². The fourth-order valence-corrected chi connectivity index (χ4v) is 1.46. The number of aliphatic hydroxyl groups is 1. The van der Waals surface area contributed by atoms with Crippen molar-refractivity contribution < 1.29 is 14.6 Å². The summed E-state index contributed by atoms with van der Waals surface area (Å²) in [4.78, 5) is 0. The number of hydrogen-bond donors (Lipinski definition) is 2. The Labute approximate surface area is 89.6 Å². The van der Waals surface area contributed by atoms with Crippen molar-refractivity contribution in [3.63, 3.8) is 0 Å². The maximum absolute atomic E-state index is 9.02. The molecule has 15 heavy (non-hydrogen) atoms. The van der Waals surface area contributed by atoms with Crippen molar-refractivity contribution in [3.05, 3.63) is 23.3 Å². The number of methoxy groups -OCH3 is 2. The van der Waals surface area contributed by atoms with Crippen LogP contribution in [0.4, 0.5) is 0 Å². The minimum Gasteiger partial charge on any atom is -0.496 e. The van der Waals surface area contributed by atoms with E-state index in [-0.39, 0.29) is 6.61 Å². The summed E-state index contributed by atoms with van der Waals surface area (Å²) in [5.74, 6) is 1.42. The summed E-state index contributed by atoms with van der Waals surface area (Å²) in [6.45, 7) is 1.80. The van der Waals surface area contributed by atoms with E-state index >= 15 is 0 Å². The molecule has 1 unspecified atom stereocenters.